The molecule has 1 saturated carbocycles. The van der Waals surface area contributed by atoms with E-state index < -0.39 is 0 Å². The number of hydrogen-bond acceptors (Lipinski definition) is 4. The molecule has 0 radical (unpaired) electrons. The number of thiophene rings is 1. The summed E-state index contributed by atoms with van der Waals surface area (Å²) in [4.78, 5) is 10.0. The SMILES string of the molecule is Clc1cc(NCCc2ccc(Cl)s2)nc(C2CC2)n1. The molecule has 0 atom stereocenters. The van der Waals surface area contributed by atoms with Gasteiger partial charge in [0, 0.05) is 23.4 Å². The lowest BCUT2D eigenvalue weighted by atomic mass is 10.3. The van der Waals surface area contributed by atoms with Crippen LogP contribution in [0.15, 0.2) is 18.2 Å². The number of nitrogens with one attached hydrogen (secondary N) is 1. The van der Waals surface area contributed by atoms with Crippen molar-refractivity contribution in [2.45, 2.75) is 25.2 Å². The molecule has 2 aromatic rings. The van der Waals surface area contributed by atoms with Crippen molar-refractivity contribution in [3.63, 3.8) is 0 Å². The van der Waals surface area contributed by atoms with Gasteiger partial charge in [-0.2, -0.15) is 0 Å². The molecule has 0 amide bonds. The van der Waals surface area contributed by atoms with Crippen LogP contribution < -0.4 is 5.32 Å². The lowest BCUT2D eigenvalue weighted by Crippen LogP contribution is -2.07. The van der Waals surface area contributed by atoms with Gasteiger partial charge < -0.3 is 5.32 Å². The fraction of sp³-hybridized carbons (Fsp3) is 0.385. The predicted molar refractivity (Wildman–Crippen MR) is 80.5 cm³/mol. The minimum atomic E-state index is 0.510. The maximum atomic E-state index is 6.01. The average Bonchev–Trinajstić information content (AvgIpc) is 3.13. The van der Waals surface area contributed by atoms with E-state index in [1.807, 2.05) is 6.07 Å². The molecule has 0 saturated heterocycles. The summed E-state index contributed by atoms with van der Waals surface area (Å²) >= 11 is 13.5. The van der Waals surface area contributed by atoms with Gasteiger partial charge >= 0.3 is 0 Å². The van der Waals surface area contributed by atoms with Gasteiger partial charge in [0.15, 0.2) is 0 Å². The highest BCUT2D eigenvalue weighted by Crippen LogP contribution is 2.38. The van der Waals surface area contributed by atoms with Crippen LogP contribution in [-0.2, 0) is 6.42 Å². The molecular weight excluding hydrogens is 301 g/mol. The van der Waals surface area contributed by atoms with E-state index in [1.165, 1.54) is 17.7 Å². The summed E-state index contributed by atoms with van der Waals surface area (Å²) in [5, 5.41) is 3.81. The maximum absolute atomic E-state index is 6.01. The summed E-state index contributed by atoms with van der Waals surface area (Å²) in [6, 6.07) is 5.75. The standard InChI is InChI=1S/C13H13Cl2N3S/c14-10-7-12(18-13(17-10)8-1-2-8)16-6-5-9-3-4-11(15)19-9/h3-4,7-8H,1-2,5-6H2,(H,16,17,18). The molecule has 19 heavy (non-hydrogen) atoms. The Bertz CT molecular complexity index is 581. The summed E-state index contributed by atoms with van der Waals surface area (Å²) in [6.45, 7) is 0.814. The van der Waals surface area contributed by atoms with Gasteiger partial charge in [0.1, 0.15) is 16.8 Å². The molecule has 3 rings (SSSR count). The molecule has 1 aliphatic carbocycles. The third-order valence-corrected chi connectivity index (χ3v) is 4.45. The molecule has 2 aromatic heterocycles. The number of anilines is 1. The van der Waals surface area contributed by atoms with Crippen LogP contribution in [0, 0.1) is 0 Å². The van der Waals surface area contributed by atoms with Crippen LogP contribution in [0.1, 0.15) is 29.5 Å². The summed E-state index contributed by atoms with van der Waals surface area (Å²) in [7, 11) is 0. The molecule has 1 fully saturated rings. The highest BCUT2D eigenvalue weighted by Gasteiger charge is 2.27. The van der Waals surface area contributed by atoms with Gasteiger partial charge in [-0.15, -0.1) is 11.3 Å². The third kappa shape index (κ3) is 3.59. The summed E-state index contributed by atoms with van der Waals surface area (Å²) in [6.07, 6.45) is 3.28. The molecule has 3 nitrogen and oxygen atoms in total. The lowest BCUT2D eigenvalue weighted by Gasteiger charge is -2.06. The zero-order chi connectivity index (χ0) is 13.2. The van der Waals surface area contributed by atoms with Crippen molar-refractivity contribution in [2.75, 3.05) is 11.9 Å². The van der Waals surface area contributed by atoms with Crippen molar-refractivity contribution in [1.29, 1.82) is 0 Å². The molecule has 0 spiro atoms. The number of halogens is 2. The van der Waals surface area contributed by atoms with Gasteiger partial charge in [0.2, 0.25) is 0 Å². The third-order valence-electron chi connectivity index (χ3n) is 2.96. The molecule has 1 aliphatic rings. The molecular formula is C13H13Cl2N3S. The normalized spacial score (nSPS) is 14.6. The first-order valence-electron chi connectivity index (χ1n) is 6.23. The molecule has 1 N–H and O–H groups in total. The fourth-order valence-electron chi connectivity index (χ4n) is 1.85. The van der Waals surface area contributed by atoms with Gasteiger partial charge in [0.25, 0.3) is 0 Å². The van der Waals surface area contributed by atoms with Crippen LogP contribution in [0.5, 0.6) is 0 Å². The molecule has 2 heterocycles. The van der Waals surface area contributed by atoms with Gasteiger partial charge in [-0.05, 0) is 31.4 Å². The summed E-state index contributed by atoms with van der Waals surface area (Å²) < 4.78 is 0.830. The monoisotopic (exact) mass is 313 g/mol. The Kier molecular flexibility index (Phi) is 3.91. The Hall–Kier alpha value is -0.840. The Balaban J connectivity index is 1.60. The predicted octanol–water partition coefficient (Wildman–Crippen LogP) is 4.38. The highest BCUT2D eigenvalue weighted by atomic mass is 35.5. The van der Waals surface area contributed by atoms with E-state index in [0.717, 1.165) is 28.9 Å². The topological polar surface area (TPSA) is 37.8 Å². The second kappa shape index (κ2) is 5.65. The number of rotatable bonds is 5. The first-order chi connectivity index (χ1) is 9.20. The van der Waals surface area contributed by atoms with Gasteiger partial charge in [-0.1, -0.05) is 23.2 Å². The van der Waals surface area contributed by atoms with Gasteiger partial charge in [0.05, 0.1) is 4.34 Å². The van der Waals surface area contributed by atoms with Crippen LogP contribution in [0.4, 0.5) is 5.82 Å². The summed E-state index contributed by atoms with van der Waals surface area (Å²) in [5.74, 6) is 2.19. The zero-order valence-electron chi connectivity index (χ0n) is 10.2. The molecule has 0 aromatic carbocycles. The fourth-order valence-corrected chi connectivity index (χ4v) is 3.13. The molecule has 0 unspecified atom stereocenters. The van der Waals surface area contributed by atoms with Crippen molar-refractivity contribution in [3.8, 4) is 0 Å². The van der Waals surface area contributed by atoms with Gasteiger partial charge in [-0.25, -0.2) is 9.97 Å². The van der Waals surface area contributed by atoms with Crippen molar-refractivity contribution in [2.24, 2.45) is 0 Å². The van der Waals surface area contributed by atoms with Crippen LogP contribution in [0.2, 0.25) is 9.49 Å². The van der Waals surface area contributed by atoms with E-state index in [1.54, 1.807) is 17.4 Å². The molecule has 6 heteroatoms. The second-order valence-electron chi connectivity index (χ2n) is 4.59. The van der Waals surface area contributed by atoms with Gasteiger partial charge in [-0.3, -0.25) is 0 Å². The zero-order valence-corrected chi connectivity index (χ0v) is 12.5. The highest BCUT2D eigenvalue weighted by molar-refractivity contribution is 7.16. The number of nitrogens with zero attached hydrogens (tertiary/aromatic N) is 2. The van der Waals surface area contributed by atoms with E-state index in [2.05, 4.69) is 21.4 Å². The van der Waals surface area contributed by atoms with E-state index in [4.69, 9.17) is 23.2 Å². The van der Waals surface area contributed by atoms with Crippen LogP contribution >= 0.6 is 34.5 Å². The van der Waals surface area contributed by atoms with Crippen LogP contribution in [0.3, 0.4) is 0 Å². The van der Waals surface area contributed by atoms with Crippen LogP contribution in [-0.4, -0.2) is 16.5 Å². The summed E-state index contributed by atoms with van der Waals surface area (Å²) in [5.41, 5.74) is 0. The van der Waals surface area contributed by atoms with Crippen molar-refractivity contribution in [1.82, 2.24) is 9.97 Å². The minimum Gasteiger partial charge on any atom is -0.370 e. The number of hydrogen-bond donors (Lipinski definition) is 1. The molecule has 100 valence electrons. The Morgan fingerprint density at radius 3 is 2.79 bits per heavy atom. The van der Waals surface area contributed by atoms with E-state index in [9.17, 15) is 0 Å². The van der Waals surface area contributed by atoms with Crippen molar-refractivity contribution < 1.29 is 0 Å². The largest absolute Gasteiger partial charge is 0.370 e. The van der Waals surface area contributed by atoms with E-state index in [0.29, 0.717) is 11.1 Å². The maximum Gasteiger partial charge on any atom is 0.135 e. The Morgan fingerprint density at radius 2 is 2.11 bits per heavy atom. The number of aromatic nitrogens is 2. The quantitative estimate of drug-likeness (QED) is 0.832. The smallest absolute Gasteiger partial charge is 0.135 e. The van der Waals surface area contributed by atoms with Crippen molar-refractivity contribution in [3.05, 3.63) is 38.4 Å². The lowest BCUT2D eigenvalue weighted by molar-refractivity contribution is 0.917. The Labute approximate surface area is 126 Å². The Morgan fingerprint density at radius 1 is 1.26 bits per heavy atom. The first kappa shape index (κ1) is 13.2. The first-order valence-corrected chi connectivity index (χ1v) is 7.80. The van der Waals surface area contributed by atoms with E-state index >= 15 is 0 Å². The van der Waals surface area contributed by atoms with E-state index in [-0.39, 0.29) is 0 Å². The van der Waals surface area contributed by atoms with Crippen molar-refractivity contribution >= 4 is 40.4 Å². The average molecular weight is 314 g/mol. The molecule has 0 aliphatic heterocycles. The second-order valence-corrected chi connectivity index (χ2v) is 6.78. The molecule has 0 bridgehead atoms. The van der Waals surface area contributed by atoms with Crippen LogP contribution in [0.25, 0.3) is 0 Å². The minimum absolute atomic E-state index is 0.510.